The lowest BCUT2D eigenvalue weighted by Crippen LogP contribution is -2.01. The third-order valence-electron chi connectivity index (χ3n) is 3.31. The van der Waals surface area contributed by atoms with E-state index in [1.807, 2.05) is 25.2 Å². The van der Waals surface area contributed by atoms with Gasteiger partial charge >= 0.3 is 5.97 Å². The molecule has 0 unspecified atom stereocenters. The molecule has 2 N–H and O–H groups in total. The summed E-state index contributed by atoms with van der Waals surface area (Å²) in [6, 6.07) is 12.7. The van der Waals surface area contributed by atoms with Crippen LogP contribution in [0.4, 0.5) is 5.69 Å². The van der Waals surface area contributed by atoms with Gasteiger partial charge in [0.05, 0.1) is 11.1 Å². The van der Waals surface area contributed by atoms with Crippen LogP contribution in [0.25, 0.3) is 11.0 Å². The van der Waals surface area contributed by atoms with Crippen LogP contribution in [0, 0.1) is 0 Å². The summed E-state index contributed by atoms with van der Waals surface area (Å²) < 4.78 is 1.73. The normalized spacial score (nSPS) is 10.7. The summed E-state index contributed by atoms with van der Waals surface area (Å²) in [5, 5.41) is 20.2. The Hall–Kier alpha value is -2.89. The quantitative estimate of drug-likeness (QED) is 0.767. The third-order valence-corrected chi connectivity index (χ3v) is 3.31. The topological polar surface area (TPSA) is 80.0 Å². The van der Waals surface area contributed by atoms with Crippen molar-refractivity contribution in [2.24, 2.45) is 7.05 Å². The zero-order chi connectivity index (χ0) is 14.8. The van der Waals surface area contributed by atoms with Crippen molar-refractivity contribution >= 4 is 22.7 Å². The van der Waals surface area contributed by atoms with E-state index in [0.717, 1.165) is 22.3 Å². The molecular weight excluding hydrogens is 268 g/mol. The van der Waals surface area contributed by atoms with Gasteiger partial charge in [0.2, 0.25) is 0 Å². The van der Waals surface area contributed by atoms with Gasteiger partial charge in [-0.3, -0.25) is 0 Å². The smallest absolute Gasteiger partial charge is 0.335 e. The molecule has 0 saturated carbocycles. The molecule has 106 valence electrons. The molecule has 3 aromatic rings. The fraction of sp³-hybridized carbons (Fsp3) is 0.133. The molecule has 0 saturated heterocycles. The van der Waals surface area contributed by atoms with Crippen LogP contribution >= 0.6 is 0 Å². The molecule has 1 heterocycles. The number of anilines is 1. The van der Waals surface area contributed by atoms with Crippen molar-refractivity contribution in [1.29, 1.82) is 0 Å². The lowest BCUT2D eigenvalue weighted by molar-refractivity contribution is 0.0697. The first-order chi connectivity index (χ1) is 10.1. The molecule has 0 bridgehead atoms. The van der Waals surface area contributed by atoms with Crippen LogP contribution in [0.15, 0.2) is 42.5 Å². The molecule has 0 amide bonds. The van der Waals surface area contributed by atoms with Crippen LogP contribution in [-0.2, 0) is 13.6 Å². The van der Waals surface area contributed by atoms with Crippen LogP contribution in [0.1, 0.15) is 15.9 Å². The number of aryl methyl sites for hydroxylation is 1. The van der Waals surface area contributed by atoms with Gasteiger partial charge in [0, 0.05) is 19.3 Å². The molecule has 0 atom stereocenters. The highest BCUT2D eigenvalue weighted by Crippen LogP contribution is 2.17. The van der Waals surface area contributed by atoms with Crippen LogP contribution in [0.2, 0.25) is 0 Å². The van der Waals surface area contributed by atoms with Crippen LogP contribution in [0.5, 0.6) is 0 Å². The van der Waals surface area contributed by atoms with Gasteiger partial charge in [-0.15, -0.1) is 5.10 Å². The van der Waals surface area contributed by atoms with Crippen LogP contribution in [-0.4, -0.2) is 26.1 Å². The molecule has 3 rings (SSSR count). The Morgan fingerprint density at radius 2 is 2.00 bits per heavy atom. The molecule has 6 nitrogen and oxygen atoms in total. The highest BCUT2D eigenvalue weighted by atomic mass is 16.4. The Bertz CT molecular complexity index is 793. The van der Waals surface area contributed by atoms with Gasteiger partial charge in [-0.05, 0) is 35.9 Å². The number of hydrogen-bond donors (Lipinski definition) is 2. The number of aromatic carboxylic acids is 1. The van der Waals surface area contributed by atoms with Crippen molar-refractivity contribution in [2.45, 2.75) is 6.54 Å². The molecule has 6 heteroatoms. The standard InChI is InChI=1S/C15H14N4O2/c1-19-14-7-6-12(8-13(14)17-18-19)16-9-10-2-4-11(5-3-10)15(20)21/h2-8,16H,9H2,1H3,(H,20,21). The zero-order valence-electron chi connectivity index (χ0n) is 11.4. The number of carboxylic acid groups (broad SMARTS) is 1. The van der Waals surface area contributed by atoms with E-state index in [1.54, 1.807) is 28.9 Å². The number of benzene rings is 2. The number of rotatable bonds is 4. The molecule has 2 aromatic carbocycles. The Kier molecular flexibility index (Phi) is 3.27. The Labute approximate surface area is 121 Å². The summed E-state index contributed by atoms with van der Waals surface area (Å²) in [5.74, 6) is -0.914. The van der Waals surface area contributed by atoms with Crippen molar-refractivity contribution in [3.05, 3.63) is 53.6 Å². The summed E-state index contributed by atoms with van der Waals surface area (Å²) in [7, 11) is 1.85. The predicted molar refractivity (Wildman–Crippen MR) is 79.2 cm³/mol. The number of hydrogen-bond acceptors (Lipinski definition) is 4. The maximum atomic E-state index is 10.8. The molecule has 21 heavy (non-hydrogen) atoms. The number of aromatic nitrogens is 3. The van der Waals surface area contributed by atoms with Gasteiger partial charge < -0.3 is 10.4 Å². The Balaban J connectivity index is 1.72. The minimum absolute atomic E-state index is 0.291. The average molecular weight is 282 g/mol. The second-order valence-electron chi connectivity index (χ2n) is 4.77. The van der Waals surface area contributed by atoms with Crippen LogP contribution < -0.4 is 5.32 Å². The lowest BCUT2D eigenvalue weighted by Gasteiger charge is -2.07. The van der Waals surface area contributed by atoms with Crippen molar-refractivity contribution < 1.29 is 9.90 Å². The van der Waals surface area contributed by atoms with E-state index in [4.69, 9.17) is 5.11 Å². The van der Waals surface area contributed by atoms with E-state index in [1.165, 1.54) is 0 Å². The summed E-state index contributed by atoms with van der Waals surface area (Å²) in [4.78, 5) is 10.8. The second-order valence-corrected chi connectivity index (χ2v) is 4.77. The van der Waals surface area contributed by atoms with Gasteiger partial charge in [-0.2, -0.15) is 0 Å². The number of carboxylic acids is 1. The summed E-state index contributed by atoms with van der Waals surface area (Å²) in [6.45, 7) is 0.617. The number of nitrogens with one attached hydrogen (secondary N) is 1. The predicted octanol–water partition coefficient (Wildman–Crippen LogP) is 2.28. The highest BCUT2D eigenvalue weighted by molar-refractivity contribution is 5.87. The van der Waals surface area contributed by atoms with Crippen molar-refractivity contribution in [1.82, 2.24) is 15.0 Å². The zero-order valence-corrected chi connectivity index (χ0v) is 11.4. The van der Waals surface area contributed by atoms with Crippen molar-refractivity contribution in [3.8, 4) is 0 Å². The van der Waals surface area contributed by atoms with Crippen molar-refractivity contribution in [3.63, 3.8) is 0 Å². The maximum absolute atomic E-state index is 10.8. The first-order valence-corrected chi connectivity index (χ1v) is 6.49. The van der Waals surface area contributed by atoms with Gasteiger partial charge in [0.1, 0.15) is 5.52 Å². The van der Waals surface area contributed by atoms with E-state index >= 15 is 0 Å². The fourth-order valence-electron chi connectivity index (χ4n) is 2.12. The molecular formula is C15H14N4O2. The monoisotopic (exact) mass is 282 g/mol. The van der Waals surface area contributed by atoms with E-state index in [2.05, 4.69) is 15.6 Å². The highest BCUT2D eigenvalue weighted by Gasteiger charge is 2.04. The maximum Gasteiger partial charge on any atom is 0.335 e. The van der Waals surface area contributed by atoms with E-state index in [0.29, 0.717) is 12.1 Å². The minimum Gasteiger partial charge on any atom is -0.478 e. The molecule has 0 fully saturated rings. The van der Waals surface area contributed by atoms with Gasteiger partial charge in [-0.1, -0.05) is 17.3 Å². The number of carbonyl (C=O) groups is 1. The summed E-state index contributed by atoms with van der Waals surface area (Å²) in [5.41, 5.74) is 4.07. The number of fused-ring (bicyclic) bond motifs is 1. The largest absolute Gasteiger partial charge is 0.478 e. The third kappa shape index (κ3) is 2.69. The van der Waals surface area contributed by atoms with Gasteiger partial charge in [-0.25, -0.2) is 9.48 Å². The SMILES string of the molecule is Cn1nnc2cc(NCc3ccc(C(=O)O)cc3)ccc21. The minimum atomic E-state index is -0.914. The molecule has 1 aromatic heterocycles. The van der Waals surface area contributed by atoms with E-state index < -0.39 is 5.97 Å². The van der Waals surface area contributed by atoms with E-state index in [9.17, 15) is 4.79 Å². The van der Waals surface area contributed by atoms with Crippen molar-refractivity contribution in [2.75, 3.05) is 5.32 Å². The first kappa shape index (κ1) is 13.1. The number of nitrogens with zero attached hydrogens (tertiary/aromatic N) is 3. The molecule has 0 aliphatic rings. The Morgan fingerprint density at radius 1 is 1.24 bits per heavy atom. The Morgan fingerprint density at radius 3 is 2.71 bits per heavy atom. The fourth-order valence-corrected chi connectivity index (χ4v) is 2.12. The second kappa shape index (κ2) is 5.24. The van der Waals surface area contributed by atoms with E-state index in [-0.39, 0.29) is 0 Å². The lowest BCUT2D eigenvalue weighted by atomic mass is 10.1. The van der Waals surface area contributed by atoms with Gasteiger partial charge in [0.25, 0.3) is 0 Å². The summed E-state index contributed by atoms with van der Waals surface area (Å²) >= 11 is 0. The van der Waals surface area contributed by atoms with Gasteiger partial charge in [0.15, 0.2) is 0 Å². The molecule has 0 aliphatic heterocycles. The molecule has 0 aliphatic carbocycles. The molecule has 0 spiro atoms. The van der Waals surface area contributed by atoms with Crippen LogP contribution in [0.3, 0.4) is 0 Å². The average Bonchev–Trinajstić information content (AvgIpc) is 2.86. The summed E-state index contributed by atoms with van der Waals surface area (Å²) in [6.07, 6.45) is 0. The molecule has 0 radical (unpaired) electrons. The first-order valence-electron chi connectivity index (χ1n) is 6.49.